The second-order valence-corrected chi connectivity index (χ2v) is 4.24. The molecule has 2 nitrogen and oxygen atoms in total. The fourth-order valence-corrected chi connectivity index (χ4v) is 1.70. The summed E-state index contributed by atoms with van der Waals surface area (Å²) in [6, 6.07) is 4.36. The Hall–Kier alpha value is -1.01. The highest BCUT2D eigenvalue weighted by Crippen LogP contribution is 2.21. The minimum absolute atomic E-state index is 0.123. The zero-order valence-corrected chi connectivity index (χ0v) is 10.1. The molecule has 0 aliphatic rings. The quantitative estimate of drug-likeness (QED) is 0.841. The molecule has 0 radical (unpaired) electrons. The molecule has 1 rings (SSSR count). The molecule has 16 heavy (non-hydrogen) atoms. The number of Topliss-reactive ketones (excluding diaryl/α,β-unsaturated/α-hetero) is 1. The number of hydrogen-bond donors (Lipinski definition) is 1. The highest BCUT2D eigenvalue weighted by atomic mass is 35.5. The van der Waals surface area contributed by atoms with Crippen molar-refractivity contribution in [2.24, 2.45) is 5.73 Å². The van der Waals surface area contributed by atoms with Crippen LogP contribution in [-0.2, 0) is 11.2 Å². The molecule has 1 unspecified atom stereocenters. The first-order valence-electron chi connectivity index (χ1n) is 4.70. The first kappa shape index (κ1) is 13.1. The molecule has 0 saturated carbocycles. The van der Waals surface area contributed by atoms with E-state index in [9.17, 15) is 4.79 Å². The summed E-state index contributed by atoms with van der Waals surface area (Å²) in [6.45, 7) is 0. The molecule has 0 bridgehead atoms. The van der Waals surface area contributed by atoms with Gasteiger partial charge >= 0.3 is 0 Å². The van der Waals surface area contributed by atoms with Crippen LogP contribution < -0.4 is 5.73 Å². The van der Waals surface area contributed by atoms with E-state index in [-0.39, 0.29) is 18.6 Å². The van der Waals surface area contributed by atoms with Crippen molar-refractivity contribution >= 4 is 29.0 Å². The largest absolute Gasteiger partial charge is 0.321 e. The lowest BCUT2D eigenvalue weighted by atomic mass is 10.0. The van der Waals surface area contributed by atoms with Crippen molar-refractivity contribution in [3.8, 4) is 12.3 Å². The van der Waals surface area contributed by atoms with Crippen LogP contribution in [0.2, 0.25) is 10.0 Å². The summed E-state index contributed by atoms with van der Waals surface area (Å²) < 4.78 is 0. The Bertz CT molecular complexity index is 437. The van der Waals surface area contributed by atoms with Gasteiger partial charge < -0.3 is 5.73 Å². The smallest absolute Gasteiger partial charge is 0.154 e. The predicted molar refractivity (Wildman–Crippen MR) is 66.6 cm³/mol. The molecule has 0 spiro atoms. The van der Waals surface area contributed by atoms with Crippen LogP contribution in [-0.4, -0.2) is 11.8 Å². The van der Waals surface area contributed by atoms with E-state index in [1.165, 1.54) is 0 Å². The number of carbonyl (C=O) groups is 1. The molecule has 0 fully saturated rings. The van der Waals surface area contributed by atoms with Gasteiger partial charge in [-0.25, -0.2) is 0 Å². The highest BCUT2D eigenvalue weighted by molar-refractivity contribution is 6.35. The summed E-state index contributed by atoms with van der Waals surface area (Å²) in [5, 5.41) is 1.00. The third-order valence-corrected chi connectivity index (χ3v) is 2.72. The van der Waals surface area contributed by atoms with Crippen molar-refractivity contribution in [1.29, 1.82) is 0 Å². The summed E-state index contributed by atoms with van der Waals surface area (Å²) in [4.78, 5) is 11.6. The second kappa shape index (κ2) is 5.91. The second-order valence-electron chi connectivity index (χ2n) is 3.39. The lowest BCUT2D eigenvalue weighted by Gasteiger charge is -2.08. The van der Waals surface area contributed by atoms with E-state index in [4.69, 9.17) is 35.4 Å². The summed E-state index contributed by atoms with van der Waals surface area (Å²) in [5.41, 5.74) is 6.31. The van der Waals surface area contributed by atoms with Crippen molar-refractivity contribution in [3.63, 3.8) is 0 Å². The predicted octanol–water partition coefficient (Wildman–Crippen LogP) is 2.46. The molecule has 0 saturated heterocycles. The molecule has 2 N–H and O–H groups in total. The normalized spacial score (nSPS) is 11.9. The number of ketones is 1. The van der Waals surface area contributed by atoms with Crippen molar-refractivity contribution in [1.82, 2.24) is 0 Å². The van der Waals surface area contributed by atoms with Crippen LogP contribution in [0.4, 0.5) is 0 Å². The zero-order chi connectivity index (χ0) is 12.1. The standard InChI is InChI=1S/C12H11Cl2NO/c1-2-3-11(15)12(16)6-8-4-5-9(13)7-10(8)14/h1,4-5,7,11H,3,6,15H2. The van der Waals surface area contributed by atoms with Gasteiger partial charge in [-0.3, -0.25) is 4.79 Å². The minimum Gasteiger partial charge on any atom is -0.321 e. The number of rotatable bonds is 4. The van der Waals surface area contributed by atoms with Gasteiger partial charge in [-0.2, -0.15) is 0 Å². The van der Waals surface area contributed by atoms with Gasteiger partial charge in [0.2, 0.25) is 0 Å². The monoisotopic (exact) mass is 255 g/mol. The Balaban J connectivity index is 2.74. The molecule has 1 aromatic rings. The average Bonchev–Trinajstić information content (AvgIpc) is 2.22. The van der Waals surface area contributed by atoms with Gasteiger partial charge in [0.05, 0.1) is 6.04 Å². The van der Waals surface area contributed by atoms with E-state index in [1.807, 2.05) is 0 Å². The molecular weight excluding hydrogens is 245 g/mol. The maximum Gasteiger partial charge on any atom is 0.154 e. The van der Waals surface area contributed by atoms with Crippen molar-refractivity contribution < 1.29 is 4.79 Å². The lowest BCUT2D eigenvalue weighted by Crippen LogP contribution is -2.31. The first-order valence-corrected chi connectivity index (χ1v) is 5.46. The maximum atomic E-state index is 11.6. The van der Waals surface area contributed by atoms with Crippen LogP contribution >= 0.6 is 23.2 Å². The third kappa shape index (κ3) is 3.53. The molecular formula is C12H11Cl2NO. The fraction of sp³-hybridized carbons (Fsp3) is 0.250. The van der Waals surface area contributed by atoms with E-state index in [0.29, 0.717) is 15.6 Å². The van der Waals surface area contributed by atoms with Crippen LogP contribution in [0.3, 0.4) is 0 Å². The molecule has 0 aliphatic heterocycles. The zero-order valence-electron chi connectivity index (χ0n) is 8.54. The van der Waals surface area contributed by atoms with Gasteiger partial charge in [0.25, 0.3) is 0 Å². The van der Waals surface area contributed by atoms with Gasteiger partial charge in [0.1, 0.15) is 0 Å². The summed E-state index contributed by atoms with van der Waals surface area (Å²) in [6.07, 6.45) is 5.50. The Morgan fingerprint density at radius 3 is 2.75 bits per heavy atom. The van der Waals surface area contributed by atoms with E-state index < -0.39 is 6.04 Å². The Kier molecular flexibility index (Phi) is 4.82. The van der Waals surface area contributed by atoms with Crippen molar-refractivity contribution in [3.05, 3.63) is 33.8 Å². The fourth-order valence-electron chi connectivity index (χ4n) is 1.22. The Morgan fingerprint density at radius 1 is 1.50 bits per heavy atom. The van der Waals surface area contributed by atoms with Gasteiger partial charge in [0.15, 0.2) is 5.78 Å². The molecule has 0 aromatic heterocycles. The molecule has 4 heteroatoms. The topological polar surface area (TPSA) is 43.1 Å². The molecule has 84 valence electrons. The first-order chi connectivity index (χ1) is 7.54. The van der Waals surface area contributed by atoms with Crippen molar-refractivity contribution in [2.45, 2.75) is 18.9 Å². The van der Waals surface area contributed by atoms with Crippen LogP contribution in [0.5, 0.6) is 0 Å². The molecule has 0 heterocycles. The molecule has 1 aromatic carbocycles. The van der Waals surface area contributed by atoms with E-state index >= 15 is 0 Å². The minimum atomic E-state index is -0.628. The average molecular weight is 256 g/mol. The lowest BCUT2D eigenvalue weighted by molar-refractivity contribution is -0.119. The number of halogens is 2. The van der Waals surface area contributed by atoms with Crippen molar-refractivity contribution in [2.75, 3.05) is 0 Å². The number of benzene rings is 1. The van der Waals surface area contributed by atoms with Crippen LogP contribution in [0, 0.1) is 12.3 Å². The SMILES string of the molecule is C#CCC(N)C(=O)Cc1ccc(Cl)cc1Cl. The van der Waals surface area contributed by atoms with Gasteiger partial charge in [0, 0.05) is 22.9 Å². The molecule has 1 atom stereocenters. The Labute approximate surface area is 105 Å². The third-order valence-electron chi connectivity index (χ3n) is 2.13. The van der Waals surface area contributed by atoms with E-state index in [1.54, 1.807) is 18.2 Å². The van der Waals surface area contributed by atoms with Gasteiger partial charge in [-0.1, -0.05) is 29.3 Å². The molecule has 0 aliphatic carbocycles. The highest BCUT2D eigenvalue weighted by Gasteiger charge is 2.14. The summed E-state index contributed by atoms with van der Waals surface area (Å²) >= 11 is 11.7. The van der Waals surface area contributed by atoms with Gasteiger partial charge in [-0.15, -0.1) is 12.3 Å². The van der Waals surface area contributed by atoms with E-state index in [2.05, 4.69) is 5.92 Å². The number of hydrogen-bond acceptors (Lipinski definition) is 2. The summed E-state index contributed by atoms with van der Waals surface area (Å²) in [7, 11) is 0. The van der Waals surface area contributed by atoms with Crippen LogP contribution in [0.15, 0.2) is 18.2 Å². The van der Waals surface area contributed by atoms with E-state index in [0.717, 1.165) is 0 Å². The van der Waals surface area contributed by atoms with Crippen LogP contribution in [0.1, 0.15) is 12.0 Å². The number of carbonyl (C=O) groups excluding carboxylic acids is 1. The van der Waals surface area contributed by atoms with Gasteiger partial charge in [-0.05, 0) is 17.7 Å². The number of terminal acetylenes is 1. The summed E-state index contributed by atoms with van der Waals surface area (Å²) in [5.74, 6) is 2.23. The number of nitrogens with two attached hydrogens (primary N) is 1. The Morgan fingerprint density at radius 2 is 2.19 bits per heavy atom. The molecule has 0 amide bonds. The maximum absolute atomic E-state index is 11.6. The van der Waals surface area contributed by atoms with Crippen LogP contribution in [0.25, 0.3) is 0 Å².